The zero-order valence-corrected chi connectivity index (χ0v) is 19.8. The number of carbonyl (C=O) groups excluding carboxylic acids is 1. The average Bonchev–Trinajstić information content (AvgIpc) is 3.29. The van der Waals surface area contributed by atoms with Gasteiger partial charge < -0.3 is 16.0 Å². The summed E-state index contributed by atoms with van der Waals surface area (Å²) in [6.07, 6.45) is 7.01. The highest BCUT2D eigenvalue weighted by molar-refractivity contribution is 6.30. The second-order valence-electron chi connectivity index (χ2n) is 9.52. The van der Waals surface area contributed by atoms with E-state index >= 15 is 0 Å². The van der Waals surface area contributed by atoms with Crippen molar-refractivity contribution in [2.75, 3.05) is 19.6 Å². The predicted molar refractivity (Wildman–Crippen MR) is 132 cm³/mol. The summed E-state index contributed by atoms with van der Waals surface area (Å²) in [5.74, 6) is 1.45. The normalized spacial score (nSPS) is 22.6. The molecule has 4 rings (SSSR count). The SMILES string of the molecule is CC(NCCC1CCC(c2ccc(C(=O)NC3CCNCC3)cc2)C1)c1cccc(Cl)c1. The van der Waals surface area contributed by atoms with Crippen molar-refractivity contribution < 1.29 is 4.79 Å². The van der Waals surface area contributed by atoms with E-state index in [0.29, 0.717) is 18.0 Å². The Bertz CT molecular complexity index is 879. The topological polar surface area (TPSA) is 53.2 Å². The van der Waals surface area contributed by atoms with Crippen LogP contribution in [0.1, 0.15) is 78.9 Å². The zero-order chi connectivity index (χ0) is 22.3. The molecular formula is C27H36ClN3O. The van der Waals surface area contributed by atoms with Gasteiger partial charge >= 0.3 is 0 Å². The summed E-state index contributed by atoms with van der Waals surface area (Å²) in [5, 5.41) is 11.0. The second kappa shape index (κ2) is 11.3. The summed E-state index contributed by atoms with van der Waals surface area (Å²) in [4.78, 5) is 12.5. The number of nitrogens with one attached hydrogen (secondary N) is 3. The number of halogens is 1. The van der Waals surface area contributed by atoms with Crippen LogP contribution in [0.15, 0.2) is 48.5 Å². The Hall–Kier alpha value is -1.88. The van der Waals surface area contributed by atoms with Gasteiger partial charge in [-0.3, -0.25) is 4.79 Å². The number of hydrogen-bond acceptors (Lipinski definition) is 3. The maximum Gasteiger partial charge on any atom is 0.251 e. The molecule has 3 unspecified atom stereocenters. The molecule has 1 saturated carbocycles. The molecule has 0 spiro atoms. The Morgan fingerprint density at radius 1 is 1.09 bits per heavy atom. The van der Waals surface area contributed by atoms with E-state index in [1.54, 1.807) is 0 Å². The first-order valence-corrected chi connectivity index (χ1v) is 12.6. The maximum absolute atomic E-state index is 12.5. The maximum atomic E-state index is 12.5. The predicted octanol–water partition coefficient (Wildman–Crippen LogP) is 5.45. The molecule has 2 aliphatic rings. The highest BCUT2D eigenvalue weighted by Gasteiger charge is 2.26. The van der Waals surface area contributed by atoms with E-state index in [1.165, 1.54) is 36.8 Å². The van der Waals surface area contributed by atoms with Gasteiger partial charge in [-0.1, -0.05) is 35.9 Å². The van der Waals surface area contributed by atoms with E-state index in [-0.39, 0.29) is 5.91 Å². The summed E-state index contributed by atoms with van der Waals surface area (Å²) in [6.45, 7) is 5.20. The molecule has 32 heavy (non-hydrogen) atoms. The van der Waals surface area contributed by atoms with Crippen LogP contribution in [-0.4, -0.2) is 31.6 Å². The van der Waals surface area contributed by atoms with Crippen LogP contribution < -0.4 is 16.0 Å². The lowest BCUT2D eigenvalue weighted by atomic mass is 9.94. The summed E-state index contributed by atoms with van der Waals surface area (Å²) in [5.41, 5.74) is 3.40. The van der Waals surface area contributed by atoms with Gasteiger partial charge in [-0.2, -0.15) is 0 Å². The molecule has 3 atom stereocenters. The molecular weight excluding hydrogens is 418 g/mol. The van der Waals surface area contributed by atoms with Crippen molar-refractivity contribution in [3.8, 4) is 0 Å². The van der Waals surface area contributed by atoms with Gasteiger partial charge in [0.2, 0.25) is 0 Å². The Kier molecular flexibility index (Phi) is 8.23. The highest BCUT2D eigenvalue weighted by Crippen LogP contribution is 2.39. The van der Waals surface area contributed by atoms with Crippen molar-refractivity contribution in [1.29, 1.82) is 0 Å². The molecule has 0 radical (unpaired) electrons. The van der Waals surface area contributed by atoms with Gasteiger partial charge in [0.15, 0.2) is 0 Å². The lowest BCUT2D eigenvalue weighted by Crippen LogP contribution is -2.42. The molecule has 5 heteroatoms. The van der Waals surface area contributed by atoms with Crippen LogP contribution in [0.2, 0.25) is 5.02 Å². The van der Waals surface area contributed by atoms with Crippen LogP contribution in [0.5, 0.6) is 0 Å². The van der Waals surface area contributed by atoms with Crippen LogP contribution in [0.25, 0.3) is 0 Å². The second-order valence-corrected chi connectivity index (χ2v) is 9.95. The minimum atomic E-state index is 0.0626. The van der Waals surface area contributed by atoms with Crippen molar-refractivity contribution in [2.45, 2.75) is 63.5 Å². The molecule has 172 valence electrons. The summed E-state index contributed by atoms with van der Waals surface area (Å²) < 4.78 is 0. The van der Waals surface area contributed by atoms with Crippen LogP contribution in [0, 0.1) is 5.92 Å². The third-order valence-electron chi connectivity index (χ3n) is 7.21. The minimum absolute atomic E-state index is 0.0626. The molecule has 1 saturated heterocycles. The largest absolute Gasteiger partial charge is 0.349 e. The number of benzene rings is 2. The fraction of sp³-hybridized carbons (Fsp3) is 0.519. The first-order valence-electron chi connectivity index (χ1n) is 12.2. The molecule has 1 aliphatic heterocycles. The van der Waals surface area contributed by atoms with E-state index in [9.17, 15) is 4.79 Å². The number of hydrogen-bond donors (Lipinski definition) is 3. The smallest absolute Gasteiger partial charge is 0.251 e. The van der Waals surface area contributed by atoms with E-state index in [4.69, 9.17) is 11.6 Å². The third-order valence-corrected chi connectivity index (χ3v) is 7.45. The van der Waals surface area contributed by atoms with E-state index < -0.39 is 0 Å². The molecule has 0 bridgehead atoms. The Morgan fingerprint density at radius 2 is 1.88 bits per heavy atom. The van der Waals surface area contributed by atoms with Gasteiger partial charge in [0.05, 0.1) is 0 Å². The van der Waals surface area contributed by atoms with Gasteiger partial charge in [-0.05, 0) is 112 Å². The van der Waals surface area contributed by atoms with Crippen LogP contribution in [0.3, 0.4) is 0 Å². The van der Waals surface area contributed by atoms with Gasteiger partial charge in [0, 0.05) is 22.7 Å². The molecule has 1 amide bonds. The first-order chi connectivity index (χ1) is 15.6. The molecule has 4 nitrogen and oxygen atoms in total. The molecule has 1 aliphatic carbocycles. The third kappa shape index (κ3) is 6.34. The fourth-order valence-electron chi connectivity index (χ4n) is 5.18. The van der Waals surface area contributed by atoms with Crippen LogP contribution in [-0.2, 0) is 0 Å². The molecule has 0 aromatic heterocycles. The standard InChI is InChI=1S/C27H36ClN3O/c1-19(23-3-2-4-25(28)18-23)30-16-11-20-5-6-24(17-20)21-7-9-22(10-8-21)27(32)31-26-12-14-29-15-13-26/h2-4,7-10,18-20,24,26,29-30H,5-6,11-17H2,1H3,(H,31,32). The number of amides is 1. The number of rotatable bonds is 8. The fourth-order valence-corrected chi connectivity index (χ4v) is 5.38. The van der Waals surface area contributed by atoms with E-state index in [0.717, 1.165) is 49.0 Å². The molecule has 2 aromatic rings. The van der Waals surface area contributed by atoms with Gasteiger partial charge in [0.25, 0.3) is 5.91 Å². The zero-order valence-electron chi connectivity index (χ0n) is 19.1. The highest BCUT2D eigenvalue weighted by atomic mass is 35.5. The van der Waals surface area contributed by atoms with Crippen molar-refractivity contribution in [1.82, 2.24) is 16.0 Å². The van der Waals surface area contributed by atoms with E-state index in [1.807, 2.05) is 30.3 Å². The number of carbonyl (C=O) groups is 1. The lowest BCUT2D eigenvalue weighted by molar-refractivity contribution is 0.0929. The summed E-state index contributed by atoms with van der Waals surface area (Å²) in [6, 6.07) is 17.1. The Labute approximate surface area is 197 Å². The van der Waals surface area contributed by atoms with Gasteiger partial charge in [-0.15, -0.1) is 0 Å². The quantitative estimate of drug-likeness (QED) is 0.498. The first kappa shape index (κ1) is 23.3. The molecule has 2 aromatic carbocycles. The van der Waals surface area contributed by atoms with E-state index in [2.05, 4.69) is 41.1 Å². The number of piperidine rings is 1. The van der Waals surface area contributed by atoms with Crippen molar-refractivity contribution >= 4 is 17.5 Å². The van der Waals surface area contributed by atoms with Crippen molar-refractivity contribution in [3.05, 3.63) is 70.2 Å². The van der Waals surface area contributed by atoms with Crippen molar-refractivity contribution in [3.63, 3.8) is 0 Å². The molecule has 3 N–H and O–H groups in total. The average molecular weight is 454 g/mol. The Balaban J connectivity index is 1.21. The summed E-state index contributed by atoms with van der Waals surface area (Å²) in [7, 11) is 0. The minimum Gasteiger partial charge on any atom is -0.349 e. The van der Waals surface area contributed by atoms with Crippen LogP contribution in [0.4, 0.5) is 0 Å². The summed E-state index contributed by atoms with van der Waals surface area (Å²) >= 11 is 6.12. The van der Waals surface area contributed by atoms with Gasteiger partial charge in [0.1, 0.15) is 0 Å². The monoisotopic (exact) mass is 453 g/mol. The lowest BCUT2D eigenvalue weighted by Gasteiger charge is -2.23. The van der Waals surface area contributed by atoms with Crippen molar-refractivity contribution in [2.24, 2.45) is 5.92 Å². The van der Waals surface area contributed by atoms with Crippen LogP contribution >= 0.6 is 11.6 Å². The molecule has 2 fully saturated rings. The Morgan fingerprint density at radius 3 is 2.62 bits per heavy atom. The van der Waals surface area contributed by atoms with Gasteiger partial charge in [-0.25, -0.2) is 0 Å². The molecule has 1 heterocycles.